The summed E-state index contributed by atoms with van der Waals surface area (Å²) in [6.45, 7) is 0. The Kier molecular flexibility index (Phi) is 1.77. The highest BCUT2D eigenvalue weighted by molar-refractivity contribution is 9.10. The summed E-state index contributed by atoms with van der Waals surface area (Å²) in [7, 11) is 0. The number of carbonyl (C=O) groups excluding carboxylic acids is 1. The number of benzene rings is 1. The number of aromatic nitrogens is 1. The first-order valence-electron chi connectivity index (χ1n) is 4.69. The fraction of sp³-hybridized carbons (Fsp3) is 0.182. The fourth-order valence-electron chi connectivity index (χ4n) is 2.13. The number of halogens is 2. The van der Waals surface area contributed by atoms with Crippen LogP contribution in [0.25, 0.3) is 10.9 Å². The van der Waals surface area contributed by atoms with Gasteiger partial charge in [-0.25, -0.2) is 4.39 Å². The van der Waals surface area contributed by atoms with Crippen LogP contribution in [0, 0.1) is 5.82 Å². The number of hydrogen-bond donors (Lipinski definition) is 1. The van der Waals surface area contributed by atoms with Crippen molar-refractivity contribution in [3.8, 4) is 0 Å². The van der Waals surface area contributed by atoms with Crippen LogP contribution in [-0.2, 0) is 6.42 Å². The van der Waals surface area contributed by atoms with Gasteiger partial charge in [-0.2, -0.15) is 0 Å². The standard InChI is InChI=1S/C11H7BrFNO/c12-8-4-5(13)3-7-6-1-2-9(15)11(6)14-10(7)8/h3-4,14H,1-2H2. The number of hydrogen-bond acceptors (Lipinski definition) is 1. The average molecular weight is 268 g/mol. The normalized spacial score (nSPS) is 14.9. The molecule has 2 aromatic rings. The van der Waals surface area contributed by atoms with E-state index < -0.39 is 0 Å². The molecule has 0 bridgehead atoms. The Hall–Kier alpha value is -1.16. The third-order valence-electron chi connectivity index (χ3n) is 2.81. The minimum Gasteiger partial charge on any atom is -0.351 e. The van der Waals surface area contributed by atoms with E-state index in [0.717, 1.165) is 16.5 Å². The van der Waals surface area contributed by atoms with Crippen molar-refractivity contribution in [3.05, 3.63) is 33.7 Å². The molecule has 1 aromatic heterocycles. The minimum atomic E-state index is -0.282. The second-order valence-corrected chi connectivity index (χ2v) is 4.57. The van der Waals surface area contributed by atoms with Crippen molar-refractivity contribution in [2.45, 2.75) is 12.8 Å². The number of rotatable bonds is 0. The monoisotopic (exact) mass is 267 g/mol. The van der Waals surface area contributed by atoms with Crippen LogP contribution in [0.3, 0.4) is 0 Å². The lowest BCUT2D eigenvalue weighted by Gasteiger charge is -1.97. The summed E-state index contributed by atoms with van der Waals surface area (Å²) >= 11 is 3.29. The Morgan fingerprint density at radius 3 is 2.93 bits per heavy atom. The number of carbonyl (C=O) groups is 1. The second-order valence-electron chi connectivity index (χ2n) is 3.71. The topological polar surface area (TPSA) is 32.9 Å². The zero-order valence-electron chi connectivity index (χ0n) is 7.73. The second kappa shape index (κ2) is 2.92. The van der Waals surface area contributed by atoms with Gasteiger partial charge in [0.2, 0.25) is 0 Å². The lowest BCUT2D eigenvalue weighted by atomic mass is 10.1. The van der Waals surface area contributed by atoms with Crippen LogP contribution in [-0.4, -0.2) is 10.8 Å². The van der Waals surface area contributed by atoms with E-state index in [4.69, 9.17) is 0 Å². The fourth-order valence-corrected chi connectivity index (χ4v) is 2.67. The Bertz CT molecular complexity index is 588. The van der Waals surface area contributed by atoms with Gasteiger partial charge in [-0.15, -0.1) is 0 Å². The highest BCUT2D eigenvalue weighted by atomic mass is 79.9. The van der Waals surface area contributed by atoms with Gasteiger partial charge in [0.25, 0.3) is 0 Å². The van der Waals surface area contributed by atoms with Gasteiger partial charge in [0.05, 0.1) is 11.2 Å². The first kappa shape index (κ1) is 9.09. The molecule has 0 radical (unpaired) electrons. The van der Waals surface area contributed by atoms with Gasteiger partial charge < -0.3 is 4.98 Å². The molecule has 2 nitrogen and oxygen atoms in total. The summed E-state index contributed by atoms with van der Waals surface area (Å²) in [6, 6.07) is 2.88. The van der Waals surface area contributed by atoms with Gasteiger partial charge in [0, 0.05) is 16.3 Å². The van der Waals surface area contributed by atoms with Crippen molar-refractivity contribution >= 4 is 32.6 Å². The highest BCUT2D eigenvalue weighted by Gasteiger charge is 2.25. The average Bonchev–Trinajstić information content (AvgIpc) is 2.68. The predicted octanol–water partition coefficient (Wildman–Crippen LogP) is 3.20. The molecule has 0 aliphatic heterocycles. The number of ketones is 1. The van der Waals surface area contributed by atoms with E-state index in [0.29, 0.717) is 23.0 Å². The molecule has 1 aliphatic carbocycles. The molecule has 1 heterocycles. The minimum absolute atomic E-state index is 0.119. The Balaban J connectivity index is 2.44. The number of nitrogens with one attached hydrogen (secondary N) is 1. The van der Waals surface area contributed by atoms with Crippen LogP contribution in [0.4, 0.5) is 4.39 Å². The van der Waals surface area contributed by atoms with Gasteiger partial charge in [-0.1, -0.05) is 0 Å². The molecule has 3 rings (SSSR count). The smallest absolute Gasteiger partial charge is 0.179 e. The molecular formula is C11H7BrFNO. The zero-order chi connectivity index (χ0) is 10.6. The first-order valence-corrected chi connectivity index (χ1v) is 5.49. The molecule has 0 unspecified atom stereocenters. The van der Waals surface area contributed by atoms with Crippen molar-refractivity contribution in [3.63, 3.8) is 0 Å². The molecule has 15 heavy (non-hydrogen) atoms. The quantitative estimate of drug-likeness (QED) is 0.781. The molecule has 0 saturated heterocycles. The highest BCUT2D eigenvalue weighted by Crippen LogP contribution is 2.34. The maximum absolute atomic E-state index is 13.2. The van der Waals surface area contributed by atoms with Crippen LogP contribution in [0.15, 0.2) is 16.6 Å². The molecule has 0 spiro atoms. The number of aromatic amines is 1. The van der Waals surface area contributed by atoms with E-state index in [9.17, 15) is 9.18 Å². The summed E-state index contributed by atoms with van der Waals surface area (Å²) in [4.78, 5) is 14.5. The van der Waals surface area contributed by atoms with E-state index in [-0.39, 0.29) is 11.6 Å². The Morgan fingerprint density at radius 1 is 1.33 bits per heavy atom. The molecule has 0 saturated carbocycles. The van der Waals surface area contributed by atoms with Gasteiger partial charge in [-0.05, 0) is 40.0 Å². The van der Waals surface area contributed by atoms with E-state index in [1.54, 1.807) is 0 Å². The third kappa shape index (κ3) is 1.17. The molecule has 0 amide bonds. The van der Waals surface area contributed by atoms with E-state index in [1.807, 2.05) is 0 Å². The van der Waals surface area contributed by atoms with Gasteiger partial charge in [0.1, 0.15) is 5.82 Å². The van der Waals surface area contributed by atoms with Gasteiger partial charge >= 0.3 is 0 Å². The Morgan fingerprint density at radius 2 is 2.13 bits per heavy atom. The summed E-state index contributed by atoms with van der Waals surface area (Å²) in [5.74, 6) is -0.163. The lowest BCUT2D eigenvalue weighted by molar-refractivity contribution is 0.0991. The van der Waals surface area contributed by atoms with Crippen molar-refractivity contribution in [2.75, 3.05) is 0 Å². The maximum atomic E-state index is 13.2. The van der Waals surface area contributed by atoms with E-state index >= 15 is 0 Å². The largest absolute Gasteiger partial charge is 0.351 e. The molecule has 1 N–H and O–H groups in total. The molecule has 0 atom stereocenters. The number of aryl methyl sites for hydroxylation is 1. The van der Waals surface area contributed by atoms with E-state index in [2.05, 4.69) is 20.9 Å². The maximum Gasteiger partial charge on any atom is 0.179 e. The van der Waals surface area contributed by atoms with Crippen molar-refractivity contribution in [1.29, 1.82) is 0 Å². The molecule has 0 fully saturated rings. The van der Waals surface area contributed by atoms with Gasteiger partial charge in [0.15, 0.2) is 5.78 Å². The molecule has 1 aliphatic rings. The van der Waals surface area contributed by atoms with E-state index in [1.165, 1.54) is 12.1 Å². The number of H-pyrrole nitrogens is 1. The SMILES string of the molecule is O=C1CCc2c1[nH]c1c(Br)cc(F)cc21. The first-order chi connectivity index (χ1) is 7.16. The predicted molar refractivity (Wildman–Crippen MR) is 58.6 cm³/mol. The summed E-state index contributed by atoms with van der Waals surface area (Å²) in [6.07, 6.45) is 1.25. The summed E-state index contributed by atoms with van der Waals surface area (Å²) in [5, 5.41) is 0.822. The van der Waals surface area contributed by atoms with Crippen molar-refractivity contribution in [1.82, 2.24) is 4.98 Å². The van der Waals surface area contributed by atoms with Crippen LogP contribution in [0.2, 0.25) is 0 Å². The van der Waals surface area contributed by atoms with Crippen LogP contribution < -0.4 is 0 Å². The van der Waals surface area contributed by atoms with Crippen LogP contribution >= 0.6 is 15.9 Å². The van der Waals surface area contributed by atoms with Crippen molar-refractivity contribution < 1.29 is 9.18 Å². The molecule has 76 valence electrons. The summed E-state index contributed by atoms with van der Waals surface area (Å²) in [5.41, 5.74) is 2.42. The number of Topliss-reactive ketones (excluding diaryl/α,β-unsaturated/α-hetero) is 1. The van der Waals surface area contributed by atoms with Crippen molar-refractivity contribution in [2.24, 2.45) is 0 Å². The van der Waals surface area contributed by atoms with Crippen LogP contribution in [0.1, 0.15) is 22.5 Å². The zero-order valence-corrected chi connectivity index (χ0v) is 9.32. The Labute approximate surface area is 93.6 Å². The molecular weight excluding hydrogens is 261 g/mol. The lowest BCUT2D eigenvalue weighted by Crippen LogP contribution is -1.91. The van der Waals surface area contributed by atoms with Crippen LogP contribution in [0.5, 0.6) is 0 Å². The third-order valence-corrected chi connectivity index (χ3v) is 3.44. The molecule has 1 aromatic carbocycles. The summed E-state index contributed by atoms with van der Waals surface area (Å²) < 4.78 is 13.9. The number of fused-ring (bicyclic) bond motifs is 3. The van der Waals surface area contributed by atoms with Gasteiger partial charge in [-0.3, -0.25) is 4.79 Å². The molecule has 4 heteroatoms.